The summed E-state index contributed by atoms with van der Waals surface area (Å²) in [5, 5.41) is 1.19. The lowest BCUT2D eigenvalue weighted by Crippen LogP contribution is -1.84. The molecule has 1 aromatic heterocycles. The van der Waals surface area contributed by atoms with Gasteiger partial charge in [-0.15, -0.1) is 0 Å². The van der Waals surface area contributed by atoms with Crippen molar-refractivity contribution < 1.29 is 0 Å². The molecule has 0 bridgehead atoms. The molecule has 0 unspecified atom stereocenters. The summed E-state index contributed by atoms with van der Waals surface area (Å²) < 4.78 is 0. The maximum atomic E-state index is 4.43. The molecule has 4 aromatic rings. The smallest absolute Gasteiger partial charge is 0.0708 e. The van der Waals surface area contributed by atoms with E-state index in [9.17, 15) is 0 Å². The average Bonchev–Trinajstić information content (AvgIpc) is 2.62. The predicted octanol–water partition coefficient (Wildman–Crippen LogP) is 5.57. The molecular weight excluding hydrogens is 266 g/mol. The molecule has 1 heterocycles. The van der Waals surface area contributed by atoms with E-state index >= 15 is 0 Å². The molecule has 0 spiro atoms. The zero-order chi connectivity index (χ0) is 14.8. The Morgan fingerprint density at radius 3 is 1.95 bits per heavy atom. The molecule has 0 aliphatic carbocycles. The standard InChI is InChI=1S/C21H15N/c1-2-6-16(7-3-1)17-10-12-18(13-11-17)19-14-15-22-21-9-5-4-8-20(19)21/h1-15H. The van der Waals surface area contributed by atoms with E-state index in [1.54, 1.807) is 0 Å². The van der Waals surface area contributed by atoms with Crippen LogP contribution in [0.5, 0.6) is 0 Å². The van der Waals surface area contributed by atoms with Crippen molar-refractivity contribution in [2.24, 2.45) is 0 Å². The lowest BCUT2D eigenvalue weighted by atomic mass is 9.98. The number of benzene rings is 3. The van der Waals surface area contributed by atoms with Crippen molar-refractivity contribution in [3.05, 3.63) is 91.1 Å². The summed E-state index contributed by atoms with van der Waals surface area (Å²) in [5.41, 5.74) is 5.96. The molecule has 0 N–H and O–H groups in total. The Labute approximate surface area is 129 Å². The van der Waals surface area contributed by atoms with Crippen LogP contribution in [0.15, 0.2) is 91.1 Å². The fourth-order valence-electron chi connectivity index (χ4n) is 2.82. The van der Waals surface area contributed by atoms with Crippen LogP contribution in [-0.4, -0.2) is 4.98 Å². The summed E-state index contributed by atoms with van der Waals surface area (Å²) in [4.78, 5) is 4.43. The number of aromatic nitrogens is 1. The van der Waals surface area contributed by atoms with E-state index in [2.05, 4.69) is 77.8 Å². The number of hydrogen-bond acceptors (Lipinski definition) is 1. The Morgan fingerprint density at radius 2 is 1.14 bits per heavy atom. The highest BCUT2D eigenvalue weighted by atomic mass is 14.6. The third-order valence-corrected chi connectivity index (χ3v) is 3.95. The van der Waals surface area contributed by atoms with Gasteiger partial charge in [-0.25, -0.2) is 0 Å². The molecule has 0 amide bonds. The minimum atomic E-state index is 1.03. The fourth-order valence-corrected chi connectivity index (χ4v) is 2.82. The van der Waals surface area contributed by atoms with Gasteiger partial charge in [0, 0.05) is 11.6 Å². The molecule has 0 radical (unpaired) electrons. The fraction of sp³-hybridized carbons (Fsp3) is 0. The first-order valence-corrected chi connectivity index (χ1v) is 7.41. The Morgan fingerprint density at radius 1 is 0.500 bits per heavy atom. The molecular formula is C21H15N. The summed E-state index contributed by atoms with van der Waals surface area (Å²) in [6.07, 6.45) is 1.88. The molecule has 0 atom stereocenters. The molecule has 104 valence electrons. The van der Waals surface area contributed by atoms with Crippen molar-refractivity contribution in [1.82, 2.24) is 4.98 Å². The summed E-state index contributed by atoms with van der Waals surface area (Å²) in [6.45, 7) is 0. The summed E-state index contributed by atoms with van der Waals surface area (Å²) in [6, 6.07) is 29.5. The van der Waals surface area contributed by atoms with Crippen molar-refractivity contribution in [3.63, 3.8) is 0 Å². The summed E-state index contributed by atoms with van der Waals surface area (Å²) in [7, 11) is 0. The molecule has 0 aliphatic heterocycles. The second-order valence-electron chi connectivity index (χ2n) is 5.32. The van der Waals surface area contributed by atoms with Crippen LogP contribution in [0.2, 0.25) is 0 Å². The SMILES string of the molecule is c1ccc(-c2ccc(-c3ccnc4ccccc34)cc2)cc1. The van der Waals surface area contributed by atoms with Gasteiger partial charge in [0.05, 0.1) is 5.52 Å². The first-order chi connectivity index (χ1) is 10.9. The Kier molecular flexibility index (Phi) is 3.17. The van der Waals surface area contributed by atoms with E-state index in [0.29, 0.717) is 0 Å². The Hall–Kier alpha value is -2.93. The molecule has 22 heavy (non-hydrogen) atoms. The van der Waals surface area contributed by atoms with Gasteiger partial charge in [-0.3, -0.25) is 4.98 Å². The highest BCUT2D eigenvalue weighted by molar-refractivity contribution is 5.94. The maximum Gasteiger partial charge on any atom is 0.0708 e. The lowest BCUT2D eigenvalue weighted by molar-refractivity contribution is 1.41. The topological polar surface area (TPSA) is 12.9 Å². The van der Waals surface area contributed by atoms with Crippen molar-refractivity contribution in [3.8, 4) is 22.3 Å². The number of rotatable bonds is 2. The minimum absolute atomic E-state index is 1.03. The predicted molar refractivity (Wildman–Crippen MR) is 92.6 cm³/mol. The van der Waals surface area contributed by atoms with Crippen LogP contribution >= 0.6 is 0 Å². The van der Waals surface area contributed by atoms with E-state index in [4.69, 9.17) is 0 Å². The van der Waals surface area contributed by atoms with Crippen molar-refractivity contribution >= 4 is 10.9 Å². The third kappa shape index (κ3) is 2.27. The average molecular weight is 281 g/mol. The second kappa shape index (κ2) is 5.45. The molecule has 0 aliphatic rings. The third-order valence-electron chi connectivity index (χ3n) is 3.95. The highest BCUT2D eigenvalue weighted by Gasteiger charge is 2.04. The van der Waals surface area contributed by atoms with Crippen molar-refractivity contribution in [2.75, 3.05) is 0 Å². The van der Waals surface area contributed by atoms with Crippen LogP contribution in [0.1, 0.15) is 0 Å². The Balaban J connectivity index is 1.80. The van der Waals surface area contributed by atoms with Crippen LogP contribution in [0, 0.1) is 0 Å². The second-order valence-corrected chi connectivity index (χ2v) is 5.32. The quantitative estimate of drug-likeness (QED) is 0.468. The molecule has 0 saturated carbocycles. The first-order valence-electron chi connectivity index (χ1n) is 7.41. The zero-order valence-electron chi connectivity index (χ0n) is 12.1. The van der Waals surface area contributed by atoms with Crippen LogP contribution < -0.4 is 0 Å². The van der Waals surface area contributed by atoms with Gasteiger partial charge < -0.3 is 0 Å². The van der Waals surface area contributed by atoms with Crippen molar-refractivity contribution in [1.29, 1.82) is 0 Å². The lowest BCUT2D eigenvalue weighted by Gasteiger charge is -2.08. The van der Waals surface area contributed by atoms with Gasteiger partial charge in [-0.2, -0.15) is 0 Å². The molecule has 4 rings (SSSR count). The number of para-hydroxylation sites is 1. The molecule has 1 nitrogen and oxygen atoms in total. The van der Waals surface area contributed by atoms with Crippen LogP contribution in [0.4, 0.5) is 0 Å². The van der Waals surface area contributed by atoms with Gasteiger partial charge in [-0.1, -0.05) is 72.8 Å². The highest BCUT2D eigenvalue weighted by Crippen LogP contribution is 2.29. The summed E-state index contributed by atoms with van der Waals surface area (Å²) in [5.74, 6) is 0. The molecule has 0 fully saturated rings. The largest absolute Gasteiger partial charge is 0.256 e. The van der Waals surface area contributed by atoms with Gasteiger partial charge in [0.1, 0.15) is 0 Å². The first kappa shape index (κ1) is 12.8. The normalized spacial score (nSPS) is 10.7. The van der Waals surface area contributed by atoms with E-state index in [1.165, 1.54) is 27.6 Å². The minimum Gasteiger partial charge on any atom is -0.256 e. The van der Waals surface area contributed by atoms with E-state index < -0.39 is 0 Å². The van der Waals surface area contributed by atoms with Gasteiger partial charge in [0.2, 0.25) is 0 Å². The van der Waals surface area contributed by atoms with Crippen LogP contribution in [0.25, 0.3) is 33.2 Å². The van der Waals surface area contributed by atoms with Gasteiger partial charge in [0.25, 0.3) is 0 Å². The van der Waals surface area contributed by atoms with Gasteiger partial charge in [0.15, 0.2) is 0 Å². The molecule has 3 aromatic carbocycles. The van der Waals surface area contributed by atoms with Crippen molar-refractivity contribution in [2.45, 2.75) is 0 Å². The van der Waals surface area contributed by atoms with E-state index in [0.717, 1.165) is 5.52 Å². The monoisotopic (exact) mass is 281 g/mol. The number of hydrogen-bond donors (Lipinski definition) is 0. The molecule has 1 heteroatoms. The van der Waals surface area contributed by atoms with Gasteiger partial charge >= 0.3 is 0 Å². The number of nitrogens with zero attached hydrogens (tertiary/aromatic N) is 1. The Bertz CT molecular complexity index is 904. The zero-order valence-corrected chi connectivity index (χ0v) is 12.1. The van der Waals surface area contributed by atoms with Crippen LogP contribution in [-0.2, 0) is 0 Å². The number of pyridine rings is 1. The van der Waals surface area contributed by atoms with E-state index in [-0.39, 0.29) is 0 Å². The van der Waals surface area contributed by atoms with Gasteiger partial charge in [-0.05, 0) is 34.4 Å². The van der Waals surface area contributed by atoms with Crippen LogP contribution in [0.3, 0.4) is 0 Å². The maximum absolute atomic E-state index is 4.43. The summed E-state index contributed by atoms with van der Waals surface area (Å²) >= 11 is 0. The molecule has 0 saturated heterocycles. The van der Waals surface area contributed by atoms with E-state index in [1.807, 2.05) is 18.3 Å². The number of fused-ring (bicyclic) bond motifs is 1.